The van der Waals surface area contributed by atoms with Crippen LogP contribution < -0.4 is 15.9 Å². The number of nitrogens with zero attached hydrogens (tertiary/aromatic N) is 4. The number of amidine groups is 1. The van der Waals surface area contributed by atoms with Gasteiger partial charge in [-0.3, -0.25) is 20.1 Å². The van der Waals surface area contributed by atoms with Crippen molar-refractivity contribution in [3.8, 4) is 0 Å². The van der Waals surface area contributed by atoms with Crippen LogP contribution in [0.5, 0.6) is 0 Å². The Labute approximate surface area is 155 Å². The van der Waals surface area contributed by atoms with E-state index < -0.39 is 6.17 Å². The molecule has 0 aliphatic carbocycles. The van der Waals surface area contributed by atoms with Crippen molar-refractivity contribution in [2.24, 2.45) is 10.1 Å². The number of rotatable bonds is 3. The van der Waals surface area contributed by atoms with Crippen LogP contribution in [-0.4, -0.2) is 26.8 Å². The normalized spacial score (nSPS) is 18.5. The molecule has 1 amide bonds. The molecule has 2 aliphatic heterocycles. The van der Waals surface area contributed by atoms with E-state index in [1.54, 1.807) is 5.01 Å². The van der Waals surface area contributed by atoms with Crippen molar-refractivity contribution >= 4 is 28.5 Å². The van der Waals surface area contributed by atoms with E-state index in [-0.39, 0.29) is 5.91 Å². The van der Waals surface area contributed by atoms with E-state index in [4.69, 9.17) is 4.99 Å². The van der Waals surface area contributed by atoms with Crippen LogP contribution in [0.3, 0.4) is 0 Å². The Morgan fingerprint density at radius 2 is 2.04 bits per heavy atom. The lowest BCUT2D eigenvalue weighted by molar-refractivity contribution is -0.116. The molecule has 1 aromatic heterocycles. The molecule has 1 atom stereocenters. The second-order valence-corrected chi connectivity index (χ2v) is 7.21. The summed E-state index contributed by atoms with van der Waals surface area (Å²) >= 11 is 1.54. The molecular formula is C19H19N5OS. The first-order chi connectivity index (χ1) is 12.7. The highest BCUT2D eigenvalue weighted by Gasteiger charge is 2.34. The smallest absolute Gasteiger partial charge is 0.276 e. The van der Waals surface area contributed by atoms with Crippen LogP contribution in [0.15, 0.2) is 52.6 Å². The minimum absolute atomic E-state index is 0.154. The topological polar surface area (TPSA) is 70.0 Å². The van der Waals surface area contributed by atoms with Gasteiger partial charge in [0.25, 0.3) is 5.91 Å². The Balaban J connectivity index is 1.90. The Hall–Kier alpha value is -2.67. The lowest BCUT2D eigenvalue weighted by Crippen LogP contribution is -2.50. The number of hydrogen-bond acceptors (Lipinski definition) is 6. The highest BCUT2D eigenvalue weighted by Crippen LogP contribution is 2.29. The van der Waals surface area contributed by atoms with Crippen molar-refractivity contribution in [2.75, 3.05) is 5.75 Å². The quantitative estimate of drug-likeness (QED) is 0.898. The summed E-state index contributed by atoms with van der Waals surface area (Å²) < 4.78 is 0. The van der Waals surface area contributed by atoms with Crippen LogP contribution in [-0.2, 0) is 4.79 Å². The molecule has 132 valence electrons. The van der Waals surface area contributed by atoms with Crippen molar-refractivity contribution < 1.29 is 4.79 Å². The first-order valence-corrected chi connectivity index (χ1v) is 9.58. The van der Waals surface area contributed by atoms with Gasteiger partial charge in [-0.05, 0) is 31.5 Å². The monoisotopic (exact) mass is 365 g/mol. The lowest BCUT2D eigenvalue weighted by atomic mass is 10.1. The molecule has 26 heavy (non-hydrogen) atoms. The van der Waals surface area contributed by atoms with E-state index in [0.29, 0.717) is 10.9 Å². The van der Waals surface area contributed by atoms with Crippen molar-refractivity contribution in [3.05, 3.63) is 64.4 Å². The van der Waals surface area contributed by atoms with Gasteiger partial charge in [-0.1, -0.05) is 43.0 Å². The highest BCUT2D eigenvalue weighted by atomic mass is 32.2. The molecule has 0 radical (unpaired) electrons. The van der Waals surface area contributed by atoms with Crippen LogP contribution in [0, 0.1) is 6.92 Å². The fourth-order valence-corrected chi connectivity index (χ4v) is 3.70. The van der Waals surface area contributed by atoms with Gasteiger partial charge in [0.05, 0.1) is 11.1 Å². The fourth-order valence-electron chi connectivity index (χ4n) is 2.99. The summed E-state index contributed by atoms with van der Waals surface area (Å²) in [7, 11) is 0. The van der Waals surface area contributed by atoms with Crippen molar-refractivity contribution in [3.63, 3.8) is 0 Å². The van der Waals surface area contributed by atoms with Gasteiger partial charge in [0, 0.05) is 16.7 Å². The van der Waals surface area contributed by atoms with Gasteiger partial charge in [-0.15, -0.1) is 5.10 Å². The fraction of sp³-hybridized carbons (Fsp3) is 0.263. The van der Waals surface area contributed by atoms with Gasteiger partial charge in [0.15, 0.2) is 11.3 Å². The molecule has 0 unspecified atom stereocenters. The first kappa shape index (κ1) is 16.8. The number of carbonyl (C=O) groups is 1. The third-order valence-electron chi connectivity index (χ3n) is 4.13. The second kappa shape index (κ2) is 6.92. The summed E-state index contributed by atoms with van der Waals surface area (Å²) in [6, 6.07) is 13.5. The first-order valence-electron chi connectivity index (χ1n) is 8.60. The summed E-state index contributed by atoms with van der Waals surface area (Å²) in [5.41, 5.74) is 2.20. The Morgan fingerprint density at radius 3 is 2.85 bits per heavy atom. The highest BCUT2D eigenvalue weighted by molar-refractivity contribution is 8.13. The van der Waals surface area contributed by atoms with Gasteiger partial charge in [0.1, 0.15) is 5.70 Å². The average Bonchev–Trinajstić information content (AvgIpc) is 2.65. The summed E-state index contributed by atoms with van der Waals surface area (Å²) in [6.45, 7) is 4.04. The molecule has 6 nitrogen and oxygen atoms in total. The molecule has 3 heterocycles. The van der Waals surface area contributed by atoms with E-state index in [1.165, 1.54) is 11.8 Å². The maximum Gasteiger partial charge on any atom is 0.276 e. The van der Waals surface area contributed by atoms with Crippen molar-refractivity contribution in [2.45, 2.75) is 26.4 Å². The second-order valence-electron chi connectivity index (χ2n) is 6.12. The summed E-state index contributed by atoms with van der Waals surface area (Å²) in [6.07, 6.45) is 0.551. The van der Waals surface area contributed by atoms with Crippen LogP contribution in [0.2, 0.25) is 0 Å². The zero-order chi connectivity index (χ0) is 18.1. The number of carbonyl (C=O) groups excluding carboxylic acids is 1. The molecule has 1 aromatic carbocycles. The summed E-state index contributed by atoms with van der Waals surface area (Å²) in [5, 5.41) is 11.5. The van der Waals surface area contributed by atoms with E-state index in [0.717, 1.165) is 34.1 Å². The largest absolute Gasteiger partial charge is 0.298 e. The number of fused-ring (bicyclic) bond motifs is 2. The molecule has 2 aromatic rings. The molecular weight excluding hydrogens is 346 g/mol. The number of pyridine rings is 1. The van der Waals surface area contributed by atoms with Crippen LogP contribution in [0.25, 0.3) is 5.70 Å². The number of hydrogen-bond donors (Lipinski definition) is 1. The van der Waals surface area contributed by atoms with Gasteiger partial charge in [-0.25, -0.2) is 5.01 Å². The van der Waals surface area contributed by atoms with Gasteiger partial charge >= 0.3 is 0 Å². The number of aromatic nitrogens is 1. The molecule has 0 bridgehead atoms. The minimum atomic E-state index is -0.455. The van der Waals surface area contributed by atoms with Crippen LogP contribution >= 0.6 is 11.8 Å². The molecule has 4 rings (SSSR count). The molecule has 0 spiro atoms. The predicted molar refractivity (Wildman–Crippen MR) is 103 cm³/mol. The van der Waals surface area contributed by atoms with E-state index in [1.807, 2.05) is 49.4 Å². The number of amides is 1. The number of hydrazone groups is 1. The standard InChI is InChI=1S/C19H19N5OS/c1-3-11-26-19-22-18(25)16-13-8-4-5-9-14(13)21-17(24(16)23-19)15-10-6-7-12(2)20-15/h4-10,17H,3,11H2,1-2H3,(H,22,23,25)/t17-/m1/s1. The van der Waals surface area contributed by atoms with Gasteiger partial charge in [-0.2, -0.15) is 0 Å². The predicted octanol–water partition coefficient (Wildman–Crippen LogP) is 1.68. The van der Waals surface area contributed by atoms with Crippen molar-refractivity contribution in [1.29, 1.82) is 0 Å². The summed E-state index contributed by atoms with van der Waals surface area (Å²) in [4.78, 5) is 22.3. The third kappa shape index (κ3) is 2.99. The van der Waals surface area contributed by atoms with Gasteiger partial charge < -0.3 is 0 Å². The molecule has 0 saturated heterocycles. The Morgan fingerprint density at radius 1 is 1.19 bits per heavy atom. The van der Waals surface area contributed by atoms with E-state index in [2.05, 4.69) is 22.3 Å². The summed E-state index contributed by atoms with van der Waals surface area (Å²) in [5.74, 6) is 0.738. The van der Waals surface area contributed by atoms with Gasteiger partial charge in [0.2, 0.25) is 0 Å². The maximum absolute atomic E-state index is 12.9. The minimum Gasteiger partial charge on any atom is -0.298 e. The number of benzene rings is 1. The number of aryl methyl sites for hydroxylation is 1. The molecule has 0 saturated carbocycles. The average molecular weight is 365 g/mol. The van der Waals surface area contributed by atoms with E-state index in [9.17, 15) is 4.79 Å². The maximum atomic E-state index is 12.9. The zero-order valence-corrected chi connectivity index (χ0v) is 15.5. The molecule has 1 N–H and O–H groups in total. The number of nitrogens with one attached hydrogen (secondary N) is 1. The third-order valence-corrected chi connectivity index (χ3v) is 5.20. The van der Waals surface area contributed by atoms with Crippen molar-refractivity contribution in [1.82, 2.24) is 15.3 Å². The van der Waals surface area contributed by atoms with Crippen LogP contribution in [0.4, 0.5) is 0 Å². The Kier molecular flexibility index (Phi) is 4.46. The van der Waals surface area contributed by atoms with E-state index >= 15 is 0 Å². The lowest BCUT2D eigenvalue weighted by Gasteiger charge is -2.33. The Bertz CT molecular complexity index is 1020. The zero-order valence-electron chi connectivity index (χ0n) is 14.6. The van der Waals surface area contributed by atoms with Crippen LogP contribution in [0.1, 0.15) is 30.9 Å². The SMILES string of the molecule is CCCSC1=NN2C(=c3ccccc3=N[C@H]2c2cccc(C)n2)C(=O)N1. The molecule has 0 fully saturated rings. The molecule has 2 aliphatic rings. The number of thioether (sulfide) groups is 1. The number of para-hydroxylation sites is 1. The molecule has 7 heteroatoms.